The molecule has 1 aromatic rings. The second-order valence-electron chi connectivity index (χ2n) is 3.75. The minimum atomic E-state index is -4.99. The zero-order valence-corrected chi connectivity index (χ0v) is 10.2. The van der Waals surface area contributed by atoms with Crippen molar-refractivity contribution < 1.29 is 36.2 Å². The molecule has 0 spiro atoms. The molecule has 114 valence electrons. The van der Waals surface area contributed by atoms with E-state index in [1.165, 1.54) is 0 Å². The molecule has 0 fully saturated rings. The minimum Gasteiger partial charge on any atom is -0.404 e. The van der Waals surface area contributed by atoms with Gasteiger partial charge in [0.25, 0.3) is 0 Å². The molecule has 3 N–H and O–H groups in total. The topological polar surface area (TPSA) is 55.5 Å². The van der Waals surface area contributed by atoms with Crippen LogP contribution in [0.1, 0.15) is 11.6 Å². The van der Waals surface area contributed by atoms with E-state index in [0.29, 0.717) is 6.07 Å². The van der Waals surface area contributed by atoms with Gasteiger partial charge in [0, 0.05) is 0 Å². The number of alkyl halides is 6. The fraction of sp³-hybridized carbons (Fsp3) is 0.400. The molecule has 1 rings (SSSR count). The van der Waals surface area contributed by atoms with Crippen LogP contribution >= 0.6 is 11.6 Å². The van der Waals surface area contributed by atoms with Crippen LogP contribution in [-0.4, -0.2) is 23.7 Å². The lowest BCUT2D eigenvalue weighted by Gasteiger charge is -2.22. The molecule has 0 saturated heterocycles. The number of aliphatic hydroxyl groups is 1. The molecule has 1 aromatic carbocycles. The third kappa shape index (κ3) is 4.43. The summed E-state index contributed by atoms with van der Waals surface area (Å²) in [6.07, 6.45) is -12.8. The maximum absolute atomic E-state index is 12.3. The number of benzene rings is 1. The second kappa shape index (κ2) is 5.66. The zero-order valence-electron chi connectivity index (χ0n) is 9.47. The molecule has 0 unspecified atom stereocenters. The average molecular weight is 324 g/mol. The summed E-state index contributed by atoms with van der Waals surface area (Å²) in [7, 11) is 0. The summed E-state index contributed by atoms with van der Waals surface area (Å²) >= 11 is 5.46. The van der Waals surface area contributed by atoms with Gasteiger partial charge in [-0.1, -0.05) is 17.7 Å². The van der Waals surface area contributed by atoms with Crippen molar-refractivity contribution in [1.82, 2.24) is 0 Å². The van der Waals surface area contributed by atoms with Crippen molar-refractivity contribution >= 4 is 11.6 Å². The molecular formula is C10H8ClF6NO2. The van der Waals surface area contributed by atoms with Gasteiger partial charge in [0.1, 0.15) is 5.75 Å². The van der Waals surface area contributed by atoms with Crippen LogP contribution in [0.2, 0.25) is 5.02 Å². The van der Waals surface area contributed by atoms with Crippen LogP contribution in [0, 0.1) is 0 Å². The molecule has 0 bridgehead atoms. The monoisotopic (exact) mass is 323 g/mol. The largest absolute Gasteiger partial charge is 0.573 e. The number of hydrogen-bond donors (Lipinski definition) is 2. The Morgan fingerprint density at radius 2 is 1.70 bits per heavy atom. The molecule has 0 amide bonds. The highest BCUT2D eigenvalue weighted by molar-refractivity contribution is 6.32. The van der Waals surface area contributed by atoms with Crippen LogP contribution in [-0.2, 0) is 0 Å². The smallest absolute Gasteiger partial charge is 0.404 e. The number of nitrogens with two attached hydrogens (primary N) is 1. The van der Waals surface area contributed by atoms with Gasteiger partial charge in [-0.05, 0) is 17.7 Å². The fourth-order valence-electron chi connectivity index (χ4n) is 1.32. The molecule has 0 saturated carbocycles. The van der Waals surface area contributed by atoms with E-state index in [2.05, 4.69) is 4.74 Å². The lowest BCUT2D eigenvalue weighted by molar-refractivity contribution is -0.274. The lowest BCUT2D eigenvalue weighted by Crippen LogP contribution is -2.38. The van der Waals surface area contributed by atoms with E-state index in [-0.39, 0.29) is 5.56 Å². The summed E-state index contributed by atoms with van der Waals surface area (Å²) < 4.78 is 76.2. The van der Waals surface area contributed by atoms with E-state index in [0.717, 1.165) is 12.1 Å². The van der Waals surface area contributed by atoms with E-state index < -0.39 is 35.5 Å². The number of halogens is 7. The fourth-order valence-corrected chi connectivity index (χ4v) is 1.55. The van der Waals surface area contributed by atoms with Gasteiger partial charge in [-0.25, -0.2) is 0 Å². The van der Waals surface area contributed by atoms with Gasteiger partial charge in [0.15, 0.2) is 6.10 Å². The number of ether oxygens (including phenoxy) is 1. The summed E-state index contributed by atoms with van der Waals surface area (Å²) in [6.45, 7) is 0. The van der Waals surface area contributed by atoms with E-state index in [1.54, 1.807) is 0 Å². The SMILES string of the molecule is N[C@H](c1ccc(OC(F)(F)F)c(Cl)c1)[C@@H](O)C(F)(F)F. The molecule has 0 radical (unpaired) electrons. The predicted octanol–water partition coefficient (Wildman–Crippen LogP) is 3.16. The predicted molar refractivity (Wildman–Crippen MR) is 57.1 cm³/mol. The molecule has 20 heavy (non-hydrogen) atoms. The Kier molecular flexibility index (Phi) is 4.78. The first kappa shape index (κ1) is 16.9. The first-order chi connectivity index (χ1) is 8.92. The molecular weight excluding hydrogens is 316 g/mol. The van der Waals surface area contributed by atoms with Crippen LogP contribution in [0.4, 0.5) is 26.3 Å². The third-order valence-corrected chi connectivity index (χ3v) is 2.54. The van der Waals surface area contributed by atoms with Crippen LogP contribution in [0.3, 0.4) is 0 Å². The van der Waals surface area contributed by atoms with Crippen LogP contribution in [0.5, 0.6) is 5.75 Å². The van der Waals surface area contributed by atoms with E-state index in [1.807, 2.05) is 0 Å². The van der Waals surface area contributed by atoms with Crippen molar-refractivity contribution in [3.8, 4) is 5.75 Å². The van der Waals surface area contributed by atoms with Crippen molar-refractivity contribution in [1.29, 1.82) is 0 Å². The highest BCUT2D eigenvalue weighted by Crippen LogP contribution is 2.34. The molecule has 2 atom stereocenters. The first-order valence-corrected chi connectivity index (χ1v) is 5.35. The third-order valence-electron chi connectivity index (χ3n) is 2.24. The van der Waals surface area contributed by atoms with E-state index >= 15 is 0 Å². The van der Waals surface area contributed by atoms with Crippen molar-refractivity contribution in [2.75, 3.05) is 0 Å². The summed E-state index contributed by atoms with van der Waals surface area (Å²) in [5, 5.41) is 8.37. The van der Waals surface area contributed by atoms with E-state index in [9.17, 15) is 26.3 Å². The molecule has 10 heteroatoms. The normalized spacial score (nSPS) is 15.8. The Balaban J connectivity index is 2.98. The van der Waals surface area contributed by atoms with Crippen LogP contribution < -0.4 is 10.5 Å². The van der Waals surface area contributed by atoms with Gasteiger partial charge >= 0.3 is 12.5 Å². The van der Waals surface area contributed by atoms with Gasteiger partial charge in [-0.3, -0.25) is 0 Å². The van der Waals surface area contributed by atoms with Gasteiger partial charge in [0.2, 0.25) is 0 Å². The van der Waals surface area contributed by atoms with Gasteiger partial charge in [-0.2, -0.15) is 13.2 Å². The maximum atomic E-state index is 12.3. The number of hydrogen-bond acceptors (Lipinski definition) is 3. The van der Waals surface area contributed by atoms with Gasteiger partial charge < -0.3 is 15.6 Å². The average Bonchev–Trinajstić information content (AvgIpc) is 2.27. The highest BCUT2D eigenvalue weighted by Gasteiger charge is 2.43. The molecule has 0 heterocycles. The summed E-state index contributed by atoms with van der Waals surface area (Å²) in [6, 6.07) is 0.454. The summed E-state index contributed by atoms with van der Waals surface area (Å²) in [4.78, 5) is 0. The van der Waals surface area contributed by atoms with E-state index in [4.69, 9.17) is 22.4 Å². The van der Waals surface area contributed by atoms with Crippen LogP contribution in [0.25, 0.3) is 0 Å². The molecule has 0 aromatic heterocycles. The Morgan fingerprint density at radius 3 is 2.10 bits per heavy atom. The highest BCUT2D eigenvalue weighted by atomic mass is 35.5. The Hall–Kier alpha value is -1.19. The molecule has 0 aliphatic rings. The standard InChI is InChI=1S/C10H8ClF6NO2/c11-5-3-4(7(18)8(19)9(12,13)14)1-2-6(5)20-10(15,16)17/h1-3,7-8,19H,18H2/t7-,8-/m1/s1. The molecule has 3 nitrogen and oxygen atoms in total. The van der Waals surface area contributed by atoms with Crippen molar-refractivity contribution in [3.63, 3.8) is 0 Å². The van der Waals surface area contributed by atoms with Crippen molar-refractivity contribution in [3.05, 3.63) is 28.8 Å². The molecule has 0 aliphatic carbocycles. The quantitative estimate of drug-likeness (QED) is 0.840. The van der Waals surface area contributed by atoms with Crippen molar-refractivity contribution in [2.24, 2.45) is 5.73 Å². The Labute approximate surface area is 113 Å². The Bertz CT molecular complexity index is 476. The summed E-state index contributed by atoms with van der Waals surface area (Å²) in [5.41, 5.74) is 4.90. The zero-order chi connectivity index (χ0) is 15.7. The Morgan fingerprint density at radius 1 is 1.15 bits per heavy atom. The molecule has 0 aliphatic heterocycles. The first-order valence-electron chi connectivity index (χ1n) is 4.97. The maximum Gasteiger partial charge on any atom is 0.573 e. The van der Waals surface area contributed by atoms with Crippen LogP contribution in [0.15, 0.2) is 18.2 Å². The minimum absolute atomic E-state index is 0.283. The van der Waals surface area contributed by atoms with Gasteiger partial charge in [0.05, 0.1) is 11.1 Å². The van der Waals surface area contributed by atoms with Crippen molar-refractivity contribution in [2.45, 2.75) is 24.7 Å². The second-order valence-corrected chi connectivity index (χ2v) is 4.16. The number of aliphatic hydroxyl groups excluding tert-OH is 1. The summed E-state index contributed by atoms with van der Waals surface area (Å²) in [5.74, 6) is -0.781. The number of rotatable bonds is 3. The lowest BCUT2D eigenvalue weighted by atomic mass is 10.0. The van der Waals surface area contributed by atoms with Gasteiger partial charge in [-0.15, -0.1) is 13.2 Å².